The molecule has 0 bridgehead atoms. The molecule has 0 amide bonds. The molecule has 5 unspecified atom stereocenters. The lowest BCUT2D eigenvalue weighted by Crippen LogP contribution is -2.64. The van der Waals surface area contributed by atoms with Gasteiger partial charge in [-0.25, -0.2) is 4.57 Å². The minimum absolute atomic E-state index is 0.0376. The quantitative estimate of drug-likeness (QED) is 0.0116. The molecule has 2 aliphatic rings. The average Bonchev–Trinajstić information content (AvgIpc) is 4.01. The third-order valence-electron chi connectivity index (χ3n) is 10.8. The largest absolute Gasteiger partial charge is 0.472 e. The topological polar surface area (TPSA) is 222 Å². The van der Waals surface area contributed by atoms with Crippen molar-refractivity contribution in [3.05, 3.63) is 60.8 Å². The summed E-state index contributed by atoms with van der Waals surface area (Å²) in [6.07, 6.45) is 29.0. The van der Waals surface area contributed by atoms with Crippen LogP contribution in [0, 0.1) is 0 Å². The van der Waals surface area contributed by atoms with Gasteiger partial charge in [-0.15, -0.1) is 0 Å². The number of ether oxygens (including phenoxy) is 3. The van der Waals surface area contributed by atoms with Crippen LogP contribution >= 0.6 is 7.82 Å². The molecule has 2 rings (SSSR count). The van der Waals surface area contributed by atoms with E-state index in [-0.39, 0.29) is 12.8 Å². The highest BCUT2D eigenvalue weighted by molar-refractivity contribution is 7.47. The van der Waals surface area contributed by atoms with Gasteiger partial charge in [-0.2, -0.15) is 0 Å². The first-order valence-corrected chi connectivity index (χ1v) is 24.7. The Kier molecular flexibility index (Phi) is 30.5. The summed E-state index contributed by atoms with van der Waals surface area (Å²) < 4.78 is 39.1. The van der Waals surface area contributed by atoms with E-state index >= 15 is 0 Å². The highest BCUT2D eigenvalue weighted by Gasteiger charge is 2.51. The van der Waals surface area contributed by atoms with E-state index < -0.39 is 75.7 Å². The van der Waals surface area contributed by atoms with Crippen molar-refractivity contribution in [2.75, 3.05) is 13.2 Å². The van der Waals surface area contributed by atoms with Gasteiger partial charge in [-0.1, -0.05) is 152 Å². The molecule has 2 fully saturated rings. The number of hydrogen-bond acceptors (Lipinski definition) is 13. The van der Waals surface area contributed by atoms with Gasteiger partial charge in [0.2, 0.25) is 0 Å². The van der Waals surface area contributed by atoms with Crippen molar-refractivity contribution in [3.8, 4) is 0 Å². The number of carbonyl (C=O) groups excluding carboxylic acids is 2. The lowest BCUT2D eigenvalue weighted by molar-refractivity contribution is -0.220. The summed E-state index contributed by atoms with van der Waals surface area (Å²) >= 11 is 0. The average molecular weight is 899 g/mol. The number of allylic oxidation sites excluding steroid dienone is 8. The third-order valence-corrected chi connectivity index (χ3v) is 11.8. The summed E-state index contributed by atoms with van der Waals surface area (Å²) in [7, 11) is -5.14. The molecule has 6 N–H and O–H groups in total. The van der Waals surface area contributed by atoms with Crippen LogP contribution in [0.2, 0.25) is 0 Å². The second-order valence-electron chi connectivity index (χ2n) is 16.3. The summed E-state index contributed by atoms with van der Waals surface area (Å²) in [5.74, 6) is -1.20. The second-order valence-corrected chi connectivity index (χ2v) is 17.7. The minimum atomic E-state index is -5.14. The van der Waals surface area contributed by atoms with Gasteiger partial charge in [0, 0.05) is 12.8 Å². The van der Waals surface area contributed by atoms with Crippen LogP contribution in [0.3, 0.4) is 0 Å². The van der Waals surface area contributed by atoms with Crippen LogP contribution < -0.4 is 0 Å². The molecule has 1 heterocycles. The Morgan fingerprint density at radius 3 is 1.58 bits per heavy atom. The SMILES string of the molecule is CC/C=C\CC1OC1C/C=C\C/C=C\C/C=C\C/C=C\CCC(=O)OC[C@H](COP(=O)(O)OC1[C@H](O)[C@H](O)C(O)[C@H](O)[C@H]1O)OC(=O)CCCCCCCCCCCCCCC. The first-order valence-electron chi connectivity index (χ1n) is 23.2. The molecule has 10 atom stereocenters. The summed E-state index contributed by atoms with van der Waals surface area (Å²) in [5, 5.41) is 50.1. The first kappa shape index (κ1) is 55.6. The number of rotatable bonds is 36. The number of epoxide rings is 1. The molecular formula is C47H79O14P. The molecule has 1 saturated heterocycles. The molecule has 0 radical (unpaired) electrons. The van der Waals surface area contributed by atoms with E-state index in [1.165, 1.54) is 51.4 Å². The van der Waals surface area contributed by atoms with Crippen LogP contribution in [0.1, 0.15) is 155 Å². The molecule has 0 aromatic rings. The molecule has 0 aromatic carbocycles. The van der Waals surface area contributed by atoms with Crippen molar-refractivity contribution < 1.29 is 67.8 Å². The van der Waals surface area contributed by atoms with E-state index in [1.54, 1.807) is 0 Å². The molecule has 1 aliphatic carbocycles. The smallest absolute Gasteiger partial charge is 0.462 e. The van der Waals surface area contributed by atoms with Gasteiger partial charge < -0.3 is 44.6 Å². The van der Waals surface area contributed by atoms with E-state index in [1.807, 2.05) is 18.2 Å². The summed E-state index contributed by atoms with van der Waals surface area (Å²) in [5.41, 5.74) is 0. The molecule has 15 heteroatoms. The number of hydrogen-bond donors (Lipinski definition) is 6. The zero-order valence-corrected chi connectivity index (χ0v) is 38.2. The molecule has 62 heavy (non-hydrogen) atoms. The van der Waals surface area contributed by atoms with Gasteiger partial charge in [0.1, 0.15) is 43.2 Å². The maximum absolute atomic E-state index is 12.8. The van der Waals surface area contributed by atoms with E-state index in [4.69, 9.17) is 23.3 Å². The van der Waals surface area contributed by atoms with Crippen molar-refractivity contribution in [1.29, 1.82) is 0 Å². The Balaban J connectivity index is 1.72. The first-order chi connectivity index (χ1) is 29.9. The monoisotopic (exact) mass is 899 g/mol. The minimum Gasteiger partial charge on any atom is -0.462 e. The highest BCUT2D eigenvalue weighted by Crippen LogP contribution is 2.47. The van der Waals surface area contributed by atoms with Gasteiger partial charge in [0.25, 0.3) is 0 Å². The maximum Gasteiger partial charge on any atom is 0.472 e. The number of phosphoric acid groups is 1. The molecular weight excluding hydrogens is 819 g/mol. The Morgan fingerprint density at radius 1 is 0.581 bits per heavy atom. The summed E-state index contributed by atoms with van der Waals surface area (Å²) in [6, 6.07) is 0. The van der Waals surface area contributed by atoms with Gasteiger partial charge in [0.05, 0.1) is 18.8 Å². The number of unbranched alkanes of at least 4 members (excludes halogenated alkanes) is 12. The van der Waals surface area contributed by atoms with E-state index in [2.05, 4.69) is 56.4 Å². The second kappa shape index (κ2) is 33.9. The van der Waals surface area contributed by atoms with Crippen LogP contribution in [-0.2, 0) is 37.4 Å². The van der Waals surface area contributed by atoms with Crippen molar-refractivity contribution in [2.24, 2.45) is 0 Å². The zero-order valence-electron chi connectivity index (χ0n) is 37.3. The normalized spacial score (nSPS) is 25.7. The van der Waals surface area contributed by atoms with Crippen molar-refractivity contribution in [3.63, 3.8) is 0 Å². The van der Waals surface area contributed by atoms with Gasteiger partial charge in [-0.3, -0.25) is 18.6 Å². The fourth-order valence-electron chi connectivity index (χ4n) is 6.94. The molecule has 0 aromatic heterocycles. The van der Waals surface area contributed by atoms with Crippen LogP contribution in [0.5, 0.6) is 0 Å². The predicted octanol–water partition coefficient (Wildman–Crippen LogP) is 7.93. The Morgan fingerprint density at radius 2 is 1.05 bits per heavy atom. The predicted molar refractivity (Wildman–Crippen MR) is 239 cm³/mol. The summed E-state index contributed by atoms with van der Waals surface area (Å²) in [4.78, 5) is 35.7. The number of phosphoric ester groups is 1. The molecule has 0 spiro atoms. The fourth-order valence-corrected chi connectivity index (χ4v) is 7.91. The highest BCUT2D eigenvalue weighted by atomic mass is 31.2. The Labute approximate surface area is 370 Å². The van der Waals surface area contributed by atoms with Crippen LogP contribution in [0.4, 0.5) is 0 Å². The molecule has 356 valence electrons. The maximum atomic E-state index is 12.8. The summed E-state index contributed by atoms with van der Waals surface area (Å²) in [6.45, 7) is 3.10. The van der Waals surface area contributed by atoms with Crippen LogP contribution in [0.25, 0.3) is 0 Å². The molecule has 1 saturated carbocycles. The van der Waals surface area contributed by atoms with Gasteiger partial charge in [-0.05, 0) is 51.4 Å². The zero-order chi connectivity index (χ0) is 45.4. The van der Waals surface area contributed by atoms with Crippen molar-refractivity contribution in [2.45, 2.75) is 210 Å². The standard InChI is InChI=1S/C47H79O14P/c1-3-5-7-8-9-10-11-12-17-20-23-26-30-34-41(49)59-37(36-58-62(55,56)61-47-45(53)43(51)42(50)44(52)46(47)54)35-57-40(48)33-29-25-22-19-16-14-13-15-18-21-24-28-32-39-38(60-39)31-27-6-4-2/h6,14-16,18,22,24-25,27-28,37-39,42-47,50-54H,3-5,7-13,17,19-21,23,26,29-36H2,1-2H3,(H,55,56)/b16-14-,18-15-,25-22-,27-6-,28-24-/t37-,38?,39?,42?,43-,44+,45-,46-,47?/m1/s1. The molecule has 1 aliphatic heterocycles. The molecule has 14 nitrogen and oxygen atoms in total. The van der Waals surface area contributed by atoms with E-state index in [0.29, 0.717) is 31.5 Å². The van der Waals surface area contributed by atoms with Crippen molar-refractivity contribution in [1.82, 2.24) is 0 Å². The van der Waals surface area contributed by atoms with Crippen molar-refractivity contribution >= 4 is 19.8 Å². The lowest BCUT2D eigenvalue weighted by Gasteiger charge is -2.41. The number of esters is 2. The number of carbonyl (C=O) groups is 2. The Hall–Kier alpha value is -2.49. The van der Waals surface area contributed by atoms with Gasteiger partial charge >= 0.3 is 19.8 Å². The van der Waals surface area contributed by atoms with E-state index in [9.17, 15) is 44.6 Å². The number of aliphatic hydroxyl groups is 5. The third kappa shape index (κ3) is 25.7. The number of aliphatic hydroxyl groups excluding tert-OH is 5. The van der Waals surface area contributed by atoms with Crippen LogP contribution in [0.15, 0.2) is 60.8 Å². The van der Waals surface area contributed by atoms with E-state index in [0.717, 1.165) is 57.8 Å². The Bertz CT molecular complexity index is 1380. The lowest BCUT2D eigenvalue weighted by atomic mass is 9.85. The van der Waals surface area contributed by atoms with Crippen LogP contribution in [-0.4, -0.2) is 111 Å². The van der Waals surface area contributed by atoms with Gasteiger partial charge in [0.15, 0.2) is 6.10 Å². The fraction of sp³-hybridized carbons (Fsp3) is 0.745.